The molecule has 16 heavy (non-hydrogen) atoms. The van der Waals surface area contributed by atoms with Crippen LogP contribution in [0, 0.1) is 0 Å². The van der Waals surface area contributed by atoms with Gasteiger partial charge in [-0.3, -0.25) is 9.69 Å². The molecule has 1 unspecified atom stereocenters. The van der Waals surface area contributed by atoms with Gasteiger partial charge in [0.2, 0.25) is 0 Å². The number of hydrogen-bond acceptors (Lipinski definition) is 3. The molecule has 0 spiro atoms. The Balaban J connectivity index is 0. The van der Waals surface area contributed by atoms with Crippen LogP contribution in [0.2, 0.25) is 0 Å². The largest absolute Gasteiger partial charge is 0.480 e. The second-order valence-corrected chi connectivity index (χ2v) is 3.64. The van der Waals surface area contributed by atoms with Gasteiger partial charge in [-0.2, -0.15) is 0 Å². The maximum Gasteiger partial charge on any atom is 0.320 e. The van der Waals surface area contributed by atoms with Crippen LogP contribution in [0.3, 0.4) is 0 Å². The van der Waals surface area contributed by atoms with Crippen LogP contribution in [0.1, 0.15) is 26.2 Å². The van der Waals surface area contributed by atoms with Crippen molar-refractivity contribution in [1.82, 2.24) is 4.90 Å². The molecule has 98 valence electrons. The molecule has 1 saturated heterocycles. The molecule has 0 aromatic rings. The molecule has 0 amide bonds. The van der Waals surface area contributed by atoms with Gasteiger partial charge in [0.1, 0.15) is 6.04 Å². The third-order valence-corrected chi connectivity index (χ3v) is 2.60. The van der Waals surface area contributed by atoms with E-state index in [2.05, 4.69) is 6.92 Å². The third-order valence-electron chi connectivity index (χ3n) is 2.60. The summed E-state index contributed by atoms with van der Waals surface area (Å²) in [5.41, 5.74) is 0. The predicted molar refractivity (Wildman–Crippen MR) is 67.8 cm³/mol. The summed E-state index contributed by atoms with van der Waals surface area (Å²) in [5.74, 6) is -0.694. The normalized spacial score (nSPS) is 18.1. The zero-order valence-electron chi connectivity index (χ0n) is 9.55. The number of ether oxygens (including phenoxy) is 1. The Bertz CT molecular complexity index is 187. The Morgan fingerprint density at radius 1 is 1.38 bits per heavy atom. The number of nitrogens with zero attached hydrogens (tertiary/aromatic N) is 1. The van der Waals surface area contributed by atoms with Crippen LogP contribution in [0.15, 0.2) is 0 Å². The fourth-order valence-corrected chi connectivity index (χ4v) is 1.75. The van der Waals surface area contributed by atoms with E-state index >= 15 is 0 Å². The Morgan fingerprint density at radius 3 is 2.38 bits per heavy atom. The van der Waals surface area contributed by atoms with E-state index in [1.165, 1.54) is 0 Å². The molecule has 0 aromatic heterocycles. The first-order valence-corrected chi connectivity index (χ1v) is 5.30. The van der Waals surface area contributed by atoms with Crippen molar-refractivity contribution in [3.05, 3.63) is 0 Å². The molecule has 0 aromatic carbocycles. The lowest BCUT2D eigenvalue weighted by molar-refractivity contribution is -0.145. The van der Waals surface area contributed by atoms with Crippen LogP contribution in [-0.4, -0.2) is 48.3 Å². The average molecular weight is 274 g/mol. The van der Waals surface area contributed by atoms with Crippen molar-refractivity contribution in [2.45, 2.75) is 32.2 Å². The molecule has 1 heterocycles. The van der Waals surface area contributed by atoms with E-state index in [9.17, 15) is 4.79 Å². The van der Waals surface area contributed by atoms with Gasteiger partial charge in [0.05, 0.1) is 13.2 Å². The molecule has 0 radical (unpaired) electrons. The number of carbonyl (C=O) groups is 1. The van der Waals surface area contributed by atoms with E-state index in [1.54, 1.807) is 0 Å². The lowest BCUT2D eigenvalue weighted by atomic mass is 10.1. The van der Waals surface area contributed by atoms with Gasteiger partial charge >= 0.3 is 5.97 Å². The van der Waals surface area contributed by atoms with Crippen LogP contribution in [0.25, 0.3) is 0 Å². The molecule has 1 atom stereocenters. The van der Waals surface area contributed by atoms with E-state index in [-0.39, 0.29) is 30.9 Å². The number of carboxylic acids is 1. The van der Waals surface area contributed by atoms with Gasteiger partial charge < -0.3 is 9.84 Å². The summed E-state index contributed by atoms with van der Waals surface area (Å²) in [7, 11) is 0. The molecule has 0 bridgehead atoms. The van der Waals surface area contributed by atoms with Crippen LogP contribution in [0.4, 0.5) is 0 Å². The summed E-state index contributed by atoms with van der Waals surface area (Å²) in [6.07, 6.45) is 2.79. The van der Waals surface area contributed by atoms with Crippen molar-refractivity contribution in [3.8, 4) is 0 Å². The van der Waals surface area contributed by atoms with Crippen molar-refractivity contribution >= 4 is 30.8 Å². The zero-order valence-corrected chi connectivity index (χ0v) is 11.2. The van der Waals surface area contributed by atoms with Crippen LogP contribution < -0.4 is 0 Å². The molecule has 6 heteroatoms. The first kappa shape index (κ1) is 18.3. The standard InChI is InChI=1S/C10H19NO3.2ClH/c1-2-3-4-9(10(12)13)11-5-7-14-8-6-11;;/h9H,2-8H2,1H3,(H,12,13);2*1H. The molecule has 1 rings (SSSR count). The Labute approximate surface area is 109 Å². The second kappa shape index (κ2) is 10.1. The minimum Gasteiger partial charge on any atom is -0.480 e. The highest BCUT2D eigenvalue weighted by molar-refractivity contribution is 5.85. The summed E-state index contributed by atoms with van der Waals surface area (Å²) >= 11 is 0. The van der Waals surface area contributed by atoms with Crippen molar-refractivity contribution < 1.29 is 14.6 Å². The Morgan fingerprint density at radius 2 is 1.94 bits per heavy atom. The molecule has 0 aliphatic carbocycles. The van der Waals surface area contributed by atoms with Crippen LogP contribution >= 0.6 is 24.8 Å². The van der Waals surface area contributed by atoms with Crippen molar-refractivity contribution in [2.75, 3.05) is 26.3 Å². The summed E-state index contributed by atoms with van der Waals surface area (Å²) < 4.78 is 5.20. The second-order valence-electron chi connectivity index (χ2n) is 3.64. The number of rotatable bonds is 5. The maximum atomic E-state index is 11.0. The highest BCUT2D eigenvalue weighted by atomic mass is 35.5. The lowest BCUT2D eigenvalue weighted by Gasteiger charge is -2.31. The molecule has 1 fully saturated rings. The van der Waals surface area contributed by atoms with E-state index < -0.39 is 5.97 Å². The van der Waals surface area contributed by atoms with Gasteiger partial charge in [0.25, 0.3) is 0 Å². The minimum atomic E-state index is -0.694. The zero-order chi connectivity index (χ0) is 10.4. The average Bonchev–Trinajstić information content (AvgIpc) is 2.19. The van der Waals surface area contributed by atoms with E-state index in [0.717, 1.165) is 32.4 Å². The quantitative estimate of drug-likeness (QED) is 0.830. The van der Waals surface area contributed by atoms with E-state index in [1.807, 2.05) is 4.90 Å². The van der Waals surface area contributed by atoms with Crippen molar-refractivity contribution in [1.29, 1.82) is 0 Å². The van der Waals surface area contributed by atoms with Crippen LogP contribution in [0.5, 0.6) is 0 Å². The highest BCUT2D eigenvalue weighted by Crippen LogP contribution is 2.11. The topological polar surface area (TPSA) is 49.8 Å². The van der Waals surface area contributed by atoms with E-state index in [0.29, 0.717) is 13.2 Å². The molecular weight excluding hydrogens is 253 g/mol. The summed E-state index contributed by atoms with van der Waals surface area (Å²) in [6, 6.07) is -0.307. The molecule has 0 saturated carbocycles. The molecule has 1 N–H and O–H groups in total. The fourth-order valence-electron chi connectivity index (χ4n) is 1.75. The number of hydrogen-bond donors (Lipinski definition) is 1. The molecular formula is C10H21Cl2NO3. The van der Waals surface area contributed by atoms with E-state index in [4.69, 9.17) is 9.84 Å². The molecule has 1 aliphatic rings. The van der Waals surface area contributed by atoms with Crippen molar-refractivity contribution in [3.63, 3.8) is 0 Å². The SMILES string of the molecule is CCCCC(C(=O)O)N1CCOCC1.Cl.Cl. The number of carboxylic acid groups (broad SMARTS) is 1. The van der Waals surface area contributed by atoms with Gasteiger partial charge in [0.15, 0.2) is 0 Å². The predicted octanol–water partition coefficient (Wildman–Crippen LogP) is 1.81. The number of unbranched alkanes of at least 4 members (excludes halogenated alkanes) is 1. The maximum absolute atomic E-state index is 11.0. The van der Waals surface area contributed by atoms with Gasteiger partial charge in [-0.25, -0.2) is 0 Å². The monoisotopic (exact) mass is 273 g/mol. The highest BCUT2D eigenvalue weighted by Gasteiger charge is 2.26. The van der Waals surface area contributed by atoms with Crippen LogP contribution in [-0.2, 0) is 9.53 Å². The number of halogens is 2. The summed E-state index contributed by atoms with van der Waals surface area (Å²) in [6.45, 7) is 4.91. The molecule has 1 aliphatic heterocycles. The smallest absolute Gasteiger partial charge is 0.320 e. The third kappa shape index (κ3) is 5.89. The Hall–Kier alpha value is -0.0300. The van der Waals surface area contributed by atoms with Gasteiger partial charge in [-0.05, 0) is 6.42 Å². The lowest BCUT2D eigenvalue weighted by Crippen LogP contribution is -2.47. The minimum absolute atomic E-state index is 0. The fraction of sp³-hybridized carbons (Fsp3) is 0.900. The van der Waals surface area contributed by atoms with Crippen molar-refractivity contribution in [2.24, 2.45) is 0 Å². The first-order chi connectivity index (χ1) is 6.75. The van der Waals surface area contributed by atoms with Gasteiger partial charge in [-0.1, -0.05) is 19.8 Å². The summed E-state index contributed by atoms with van der Waals surface area (Å²) in [4.78, 5) is 13.0. The Kier molecular flexibility index (Phi) is 11.6. The number of morpholine rings is 1. The van der Waals surface area contributed by atoms with Gasteiger partial charge in [-0.15, -0.1) is 24.8 Å². The summed E-state index contributed by atoms with van der Waals surface area (Å²) in [5, 5.41) is 9.07. The van der Waals surface area contributed by atoms with Gasteiger partial charge in [0, 0.05) is 13.1 Å². The first-order valence-electron chi connectivity index (χ1n) is 5.30. The molecule has 4 nitrogen and oxygen atoms in total. The number of aliphatic carboxylic acids is 1.